The first-order valence-corrected chi connectivity index (χ1v) is 9.71. The van der Waals surface area contributed by atoms with E-state index >= 15 is 0 Å². The van der Waals surface area contributed by atoms with Crippen molar-refractivity contribution >= 4 is 10.0 Å². The van der Waals surface area contributed by atoms with Crippen LogP contribution in [0.1, 0.15) is 35.8 Å². The van der Waals surface area contributed by atoms with Crippen LogP contribution in [0, 0.1) is 13.8 Å². The van der Waals surface area contributed by atoms with Gasteiger partial charge >= 0.3 is 0 Å². The molecule has 24 heavy (non-hydrogen) atoms. The number of nitrogens with one attached hydrogen (secondary N) is 1. The zero-order valence-electron chi connectivity index (χ0n) is 14.4. The number of methoxy groups -OCH3 is 1. The van der Waals surface area contributed by atoms with Gasteiger partial charge in [-0.1, -0.05) is 0 Å². The zero-order valence-corrected chi connectivity index (χ0v) is 15.2. The van der Waals surface area contributed by atoms with E-state index in [0.29, 0.717) is 24.8 Å². The normalized spacial score (nSPS) is 14.8. The lowest BCUT2D eigenvalue weighted by atomic mass is 10.2. The Labute approximate surface area is 143 Å². The summed E-state index contributed by atoms with van der Waals surface area (Å²) in [5, 5.41) is 0. The molecule has 0 radical (unpaired) electrons. The van der Waals surface area contributed by atoms with E-state index in [2.05, 4.69) is 29.2 Å². The quantitative estimate of drug-likeness (QED) is 0.837. The minimum Gasteiger partial charge on any atom is -0.497 e. The fourth-order valence-electron chi connectivity index (χ4n) is 3.15. The molecule has 2 aromatic rings. The van der Waals surface area contributed by atoms with E-state index in [1.54, 1.807) is 31.4 Å². The third kappa shape index (κ3) is 3.49. The molecular weight excluding hydrogens is 324 g/mol. The van der Waals surface area contributed by atoms with Gasteiger partial charge in [0.05, 0.1) is 12.0 Å². The van der Waals surface area contributed by atoms with Crippen LogP contribution in [0.3, 0.4) is 0 Å². The Balaban J connectivity index is 1.64. The molecule has 6 heteroatoms. The van der Waals surface area contributed by atoms with Crippen LogP contribution in [0.5, 0.6) is 5.75 Å². The minimum atomic E-state index is -3.49. The van der Waals surface area contributed by atoms with Gasteiger partial charge in [0.15, 0.2) is 0 Å². The lowest BCUT2D eigenvalue weighted by Crippen LogP contribution is -2.26. The summed E-state index contributed by atoms with van der Waals surface area (Å²) in [6, 6.07) is 9.24. The van der Waals surface area contributed by atoms with Crippen LogP contribution in [-0.2, 0) is 16.4 Å². The summed E-state index contributed by atoms with van der Waals surface area (Å²) in [6.45, 7) is 4.64. The highest BCUT2D eigenvalue weighted by Crippen LogP contribution is 2.38. The number of benzene rings is 1. The standard InChI is InChI=1S/C18H24N2O3S/c1-13-12-15(14(2)20(13)16-4-5-16)10-11-19-24(21,22)18-8-6-17(23-3)7-9-18/h6-9,12,16,19H,4-5,10-11H2,1-3H3. The smallest absolute Gasteiger partial charge is 0.240 e. The van der Waals surface area contributed by atoms with E-state index in [0.717, 1.165) is 0 Å². The SMILES string of the molecule is COc1ccc(S(=O)(=O)NCCc2cc(C)n(C3CC3)c2C)cc1. The predicted molar refractivity (Wildman–Crippen MR) is 94.1 cm³/mol. The molecule has 1 aliphatic rings. The molecule has 0 saturated heterocycles. The van der Waals surface area contributed by atoms with Crippen molar-refractivity contribution in [3.05, 3.63) is 47.3 Å². The van der Waals surface area contributed by atoms with Crippen molar-refractivity contribution in [2.24, 2.45) is 0 Å². The molecular formula is C18H24N2O3S. The molecule has 0 amide bonds. The summed E-state index contributed by atoms with van der Waals surface area (Å²) in [4.78, 5) is 0.256. The van der Waals surface area contributed by atoms with Crippen molar-refractivity contribution in [3.8, 4) is 5.75 Å². The van der Waals surface area contributed by atoms with Gasteiger partial charge in [0.25, 0.3) is 0 Å². The molecule has 1 fully saturated rings. The third-order valence-corrected chi connectivity index (χ3v) is 6.03. The molecule has 1 N–H and O–H groups in total. The Hall–Kier alpha value is -1.79. The van der Waals surface area contributed by atoms with Crippen LogP contribution in [0.2, 0.25) is 0 Å². The number of hydrogen-bond donors (Lipinski definition) is 1. The van der Waals surface area contributed by atoms with Crippen molar-refractivity contribution in [1.29, 1.82) is 0 Å². The van der Waals surface area contributed by atoms with Gasteiger partial charge in [-0.3, -0.25) is 0 Å². The zero-order chi connectivity index (χ0) is 17.3. The average molecular weight is 348 g/mol. The molecule has 1 saturated carbocycles. The molecule has 130 valence electrons. The third-order valence-electron chi connectivity index (χ3n) is 4.56. The highest BCUT2D eigenvalue weighted by Gasteiger charge is 2.26. The number of aromatic nitrogens is 1. The maximum atomic E-state index is 12.3. The maximum Gasteiger partial charge on any atom is 0.240 e. The predicted octanol–water partition coefficient (Wildman–Crippen LogP) is 2.97. The summed E-state index contributed by atoms with van der Waals surface area (Å²) in [5.74, 6) is 0.640. The molecule has 1 aliphatic carbocycles. The number of nitrogens with zero attached hydrogens (tertiary/aromatic N) is 1. The number of rotatable bonds is 7. The van der Waals surface area contributed by atoms with Crippen molar-refractivity contribution in [2.75, 3.05) is 13.7 Å². The Morgan fingerprint density at radius 1 is 1.21 bits per heavy atom. The molecule has 1 heterocycles. The maximum absolute atomic E-state index is 12.3. The molecule has 0 spiro atoms. The van der Waals surface area contributed by atoms with Gasteiger partial charge in [-0.2, -0.15) is 0 Å². The van der Waals surface area contributed by atoms with Gasteiger partial charge in [-0.25, -0.2) is 13.1 Å². The second-order valence-electron chi connectivity index (χ2n) is 6.32. The fraction of sp³-hybridized carbons (Fsp3) is 0.444. The number of ether oxygens (including phenoxy) is 1. The van der Waals surface area contributed by atoms with Gasteiger partial charge in [0.1, 0.15) is 5.75 Å². The van der Waals surface area contributed by atoms with E-state index in [1.165, 1.54) is 29.8 Å². The van der Waals surface area contributed by atoms with Crippen LogP contribution in [0.15, 0.2) is 35.2 Å². The largest absolute Gasteiger partial charge is 0.497 e. The van der Waals surface area contributed by atoms with E-state index in [1.807, 2.05) is 0 Å². The first kappa shape index (κ1) is 17.0. The van der Waals surface area contributed by atoms with Gasteiger partial charge in [-0.15, -0.1) is 0 Å². The van der Waals surface area contributed by atoms with E-state index in [4.69, 9.17) is 4.74 Å². The molecule has 0 atom stereocenters. The minimum absolute atomic E-state index is 0.256. The van der Waals surface area contributed by atoms with Gasteiger partial charge in [0, 0.05) is 24.0 Å². The average Bonchev–Trinajstić information content (AvgIpc) is 3.34. The highest BCUT2D eigenvalue weighted by molar-refractivity contribution is 7.89. The molecule has 5 nitrogen and oxygen atoms in total. The number of aryl methyl sites for hydroxylation is 1. The Morgan fingerprint density at radius 3 is 2.46 bits per heavy atom. The Bertz CT molecular complexity index is 819. The van der Waals surface area contributed by atoms with Crippen LogP contribution in [0.25, 0.3) is 0 Å². The summed E-state index contributed by atoms with van der Waals surface area (Å²) in [6.07, 6.45) is 3.20. The second kappa shape index (κ2) is 6.61. The van der Waals surface area contributed by atoms with E-state index < -0.39 is 10.0 Å². The van der Waals surface area contributed by atoms with Crippen LogP contribution in [-0.4, -0.2) is 26.6 Å². The first-order chi connectivity index (χ1) is 11.4. The van der Waals surface area contributed by atoms with Crippen molar-refractivity contribution < 1.29 is 13.2 Å². The van der Waals surface area contributed by atoms with Crippen LogP contribution < -0.4 is 9.46 Å². The van der Waals surface area contributed by atoms with Crippen molar-refractivity contribution in [3.63, 3.8) is 0 Å². The summed E-state index contributed by atoms with van der Waals surface area (Å²) >= 11 is 0. The molecule has 0 unspecified atom stereocenters. The summed E-state index contributed by atoms with van der Waals surface area (Å²) in [5.41, 5.74) is 3.75. The van der Waals surface area contributed by atoms with Crippen LogP contribution >= 0.6 is 0 Å². The van der Waals surface area contributed by atoms with E-state index in [9.17, 15) is 8.42 Å². The number of hydrogen-bond acceptors (Lipinski definition) is 3. The first-order valence-electron chi connectivity index (χ1n) is 8.23. The van der Waals surface area contributed by atoms with Gasteiger partial charge < -0.3 is 9.30 Å². The second-order valence-corrected chi connectivity index (χ2v) is 8.09. The Kier molecular flexibility index (Phi) is 4.69. The Morgan fingerprint density at radius 2 is 1.88 bits per heavy atom. The van der Waals surface area contributed by atoms with Crippen molar-refractivity contribution in [1.82, 2.24) is 9.29 Å². The fourth-order valence-corrected chi connectivity index (χ4v) is 4.18. The van der Waals surface area contributed by atoms with E-state index in [-0.39, 0.29) is 4.90 Å². The highest BCUT2D eigenvalue weighted by atomic mass is 32.2. The lowest BCUT2D eigenvalue weighted by Gasteiger charge is -2.09. The molecule has 1 aromatic heterocycles. The number of sulfonamides is 1. The summed E-state index contributed by atoms with van der Waals surface area (Å²) in [7, 11) is -1.93. The van der Waals surface area contributed by atoms with Crippen LogP contribution in [0.4, 0.5) is 0 Å². The molecule has 0 bridgehead atoms. The topological polar surface area (TPSA) is 60.3 Å². The van der Waals surface area contributed by atoms with Crippen molar-refractivity contribution in [2.45, 2.75) is 44.0 Å². The summed E-state index contributed by atoms with van der Waals surface area (Å²) < 4.78 is 34.8. The monoisotopic (exact) mass is 348 g/mol. The van der Waals surface area contributed by atoms with Gasteiger partial charge in [-0.05, 0) is 69.0 Å². The molecule has 1 aromatic carbocycles. The molecule has 0 aliphatic heterocycles. The molecule has 3 rings (SSSR count). The lowest BCUT2D eigenvalue weighted by molar-refractivity contribution is 0.414. The van der Waals surface area contributed by atoms with Gasteiger partial charge in [0.2, 0.25) is 10.0 Å².